The number of benzene rings is 1. The summed E-state index contributed by atoms with van der Waals surface area (Å²) in [5.74, 6) is -0.260. The Labute approximate surface area is 120 Å². The van der Waals surface area contributed by atoms with E-state index in [1.807, 2.05) is 6.92 Å². The number of halogens is 1. The summed E-state index contributed by atoms with van der Waals surface area (Å²) in [6.45, 7) is 4.73. The van der Waals surface area contributed by atoms with Gasteiger partial charge in [-0.2, -0.15) is 0 Å². The summed E-state index contributed by atoms with van der Waals surface area (Å²) in [4.78, 5) is 2.17. The van der Waals surface area contributed by atoms with Crippen LogP contribution in [0.3, 0.4) is 0 Å². The van der Waals surface area contributed by atoms with Crippen LogP contribution in [0, 0.1) is 5.82 Å². The fraction of sp³-hybridized carbons (Fsp3) is 0.600. The van der Waals surface area contributed by atoms with Gasteiger partial charge in [0.2, 0.25) is 0 Å². The van der Waals surface area contributed by atoms with E-state index in [4.69, 9.17) is 15.2 Å². The molecule has 0 fully saturated rings. The third kappa shape index (κ3) is 5.07. The highest BCUT2D eigenvalue weighted by Gasteiger charge is 2.14. The van der Waals surface area contributed by atoms with Crippen LogP contribution in [0.15, 0.2) is 18.2 Å². The summed E-state index contributed by atoms with van der Waals surface area (Å²) in [5.41, 5.74) is 7.74. The molecule has 0 heterocycles. The maximum atomic E-state index is 13.4. The second-order valence-electron chi connectivity index (χ2n) is 4.82. The first kappa shape index (κ1) is 16.9. The highest BCUT2D eigenvalue weighted by Crippen LogP contribution is 2.26. The minimum absolute atomic E-state index is 0.215. The third-order valence-electron chi connectivity index (χ3n) is 3.16. The van der Waals surface area contributed by atoms with Crippen molar-refractivity contribution >= 4 is 5.69 Å². The highest BCUT2D eigenvalue weighted by molar-refractivity contribution is 5.55. The number of hydrogen-bond acceptors (Lipinski definition) is 4. The molecule has 0 aliphatic carbocycles. The molecular formula is C15H25FN2O2. The van der Waals surface area contributed by atoms with Crippen molar-refractivity contribution in [2.24, 2.45) is 5.73 Å². The van der Waals surface area contributed by atoms with Gasteiger partial charge in [-0.25, -0.2) is 4.39 Å². The van der Waals surface area contributed by atoms with Crippen LogP contribution in [0.5, 0.6) is 0 Å². The Balaban J connectivity index is 2.92. The quantitative estimate of drug-likeness (QED) is 0.707. The van der Waals surface area contributed by atoms with Crippen LogP contribution in [-0.2, 0) is 9.47 Å². The third-order valence-corrected chi connectivity index (χ3v) is 3.16. The van der Waals surface area contributed by atoms with Crippen molar-refractivity contribution < 1.29 is 13.9 Å². The zero-order valence-corrected chi connectivity index (χ0v) is 12.6. The fourth-order valence-electron chi connectivity index (χ4n) is 2.13. The number of hydrogen-bond donors (Lipinski definition) is 1. The number of methoxy groups -OCH3 is 2. The summed E-state index contributed by atoms with van der Waals surface area (Å²) in [6, 6.07) is 4.55. The molecule has 0 saturated heterocycles. The molecule has 0 saturated carbocycles. The number of nitrogens with two attached hydrogens (primary N) is 1. The molecule has 1 unspecified atom stereocenters. The van der Waals surface area contributed by atoms with E-state index in [-0.39, 0.29) is 11.9 Å². The molecule has 2 N–H and O–H groups in total. The second kappa shape index (κ2) is 8.89. The molecule has 114 valence electrons. The predicted molar refractivity (Wildman–Crippen MR) is 79.6 cm³/mol. The van der Waals surface area contributed by atoms with Gasteiger partial charge in [-0.3, -0.25) is 0 Å². The lowest BCUT2D eigenvalue weighted by atomic mass is 10.1. The van der Waals surface area contributed by atoms with Crippen LogP contribution in [0.4, 0.5) is 10.1 Å². The molecule has 1 atom stereocenters. The van der Waals surface area contributed by atoms with Gasteiger partial charge >= 0.3 is 0 Å². The molecule has 1 aromatic rings. The SMILES string of the molecule is COCCCN(CCOC)c1ccc(F)cc1C(C)N. The maximum absolute atomic E-state index is 13.4. The number of ether oxygens (including phenoxy) is 2. The zero-order chi connectivity index (χ0) is 15.0. The first-order valence-corrected chi connectivity index (χ1v) is 6.88. The van der Waals surface area contributed by atoms with Gasteiger partial charge in [0.1, 0.15) is 5.82 Å². The second-order valence-corrected chi connectivity index (χ2v) is 4.82. The average Bonchev–Trinajstić information content (AvgIpc) is 2.43. The monoisotopic (exact) mass is 284 g/mol. The van der Waals surface area contributed by atoms with E-state index in [0.717, 1.165) is 30.8 Å². The first-order chi connectivity index (χ1) is 9.60. The Bertz CT molecular complexity index is 399. The standard InChI is InChI=1S/C15H25FN2O2/c1-12(17)14-11-13(16)5-6-15(14)18(8-10-20-3)7-4-9-19-2/h5-6,11-12H,4,7-10,17H2,1-3H3. The van der Waals surface area contributed by atoms with Crippen LogP contribution in [0.2, 0.25) is 0 Å². The Kier molecular flexibility index (Phi) is 7.51. The molecule has 1 rings (SSSR count). The van der Waals surface area contributed by atoms with Crippen molar-refractivity contribution in [2.75, 3.05) is 45.4 Å². The van der Waals surface area contributed by atoms with Gasteiger partial charge in [-0.05, 0) is 37.1 Å². The molecule has 0 amide bonds. The molecule has 0 spiro atoms. The summed E-state index contributed by atoms with van der Waals surface area (Å²) >= 11 is 0. The lowest BCUT2D eigenvalue weighted by molar-refractivity contribution is 0.191. The van der Waals surface area contributed by atoms with Gasteiger partial charge in [0, 0.05) is 45.6 Å². The molecule has 0 radical (unpaired) electrons. The largest absolute Gasteiger partial charge is 0.385 e. The predicted octanol–water partition coefficient (Wildman–Crippen LogP) is 2.33. The Hall–Kier alpha value is -1.17. The number of nitrogens with zero attached hydrogens (tertiary/aromatic N) is 1. The zero-order valence-electron chi connectivity index (χ0n) is 12.6. The minimum atomic E-state index is -0.260. The van der Waals surface area contributed by atoms with E-state index in [9.17, 15) is 4.39 Å². The Morgan fingerprint density at radius 3 is 2.50 bits per heavy atom. The van der Waals surface area contributed by atoms with Crippen LogP contribution in [0.25, 0.3) is 0 Å². The van der Waals surface area contributed by atoms with Gasteiger partial charge in [0.15, 0.2) is 0 Å². The minimum Gasteiger partial charge on any atom is -0.385 e. The maximum Gasteiger partial charge on any atom is 0.123 e. The van der Waals surface area contributed by atoms with E-state index in [1.165, 1.54) is 12.1 Å². The van der Waals surface area contributed by atoms with E-state index >= 15 is 0 Å². The molecule has 20 heavy (non-hydrogen) atoms. The van der Waals surface area contributed by atoms with Crippen molar-refractivity contribution in [2.45, 2.75) is 19.4 Å². The van der Waals surface area contributed by atoms with E-state index in [0.29, 0.717) is 13.2 Å². The lowest BCUT2D eigenvalue weighted by Crippen LogP contribution is -2.30. The molecule has 1 aromatic carbocycles. The van der Waals surface area contributed by atoms with Gasteiger partial charge in [0.05, 0.1) is 6.61 Å². The van der Waals surface area contributed by atoms with Crippen molar-refractivity contribution in [1.82, 2.24) is 0 Å². The molecular weight excluding hydrogens is 259 g/mol. The summed E-state index contributed by atoms with van der Waals surface area (Å²) in [7, 11) is 3.36. The summed E-state index contributed by atoms with van der Waals surface area (Å²) < 4.78 is 23.6. The van der Waals surface area contributed by atoms with Gasteiger partial charge < -0.3 is 20.1 Å². The van der Waals surface area contributed by atoms with Gasteiger partial charge in [0.25, 0.3) is 0 Å². The molecule has 4 nitrogen and oxygen atoms in total. The van der Waals surface area contributed by atoms with E-state index in [2.05, 4.69) is 4.90 Å². The molecule has 5 heteroatoms. The van der Waals surface area contributed by atoms with Gasteiger partial charge in [-0.15, -0.1) is 0 Å². The van der Waals surface area contributed by atoms with Crippen molar-refractivity contribution in [3.8, 4) is 0 Å². The highest BCUT2D eigenvalue weighted by atomic mass is 19.1. The first-order valence-electron chi connectivity index (χ1n) is 6.88. The Morgan fingerprint density at radius 2 is 1.90 bits per heavy atom. The number of rotatable bonds is 9. The van der Waals surface area contributed by atoms with Gasteiger partial charge in [-0.1, -0.05) is 0 Å². The van der Waals surface area contributed by atoms with Crippen LogP contribution in [-0.4, -0.2) is 40.5 Å². The van der Waals surface area contributed by atoms with Crippen LogP contribution < -0.4 is 10.6 Å². The average molecular weight is 284 g/mol. The van der Waals surface area contributed by atoms with E-state index < -0.39 is 0 Å². The molecule has 0 aliphatic heterocycles. The van der Waals surface area contributed by atoms with E-state index in [1.54, 1.807) is 20.3 Å². The summed E-state index contributed by atoms with van der Waals surface area (Å²) in [6.07, 6.45) is 0.899. The molecule has 0 aliphatic rings. The van der Waals surface area contributed by atoms with Crippen molar-refractivity contribution in [3.05, 3.63) is 29.6 Å². The number of anilines is 1. The normalized spacial score (nSPS) is 12.4. The topological polar surface area (TPSA) is 47.7 Å². The summed E-state index contributed by atoms with van der Waals surface area (Å²) in [5, 5.41) is 0. The van der Waals surface area contributed by atoms with Crippen molar-refractivity contribution in [1.29, 1.82) is 0 Å². The lowest BCUT2D eigenvalue weighted by Gasteiger charge is -2.28. The van der Waals surface area contributed by atoms with Crippen molar-refractivity contribution in [3.63, 3.8) is 0 Å². The van der Waals surface area contributed by atoms with Crippen LogP contribution in [0.1, 0.15) is 24.9 Å². The molecule has 0 aromatic heterocycles. The fourth-order valence-corrected chi connectivity index (χ4v) is 2.13. The van der Waals surface area contributed by atoms with Crippen LogP contribution >= 0.6 is 0 Å². The smallest absolute Gasteiger partial charge is 0.123 e. The molecule has 0 bridgehead atoms. The Morgan fingerprint density at radius 1 is 1.20 bits per heavy atom.